The third-order valence-corrected chi connectivity index (χ3v) is 5.70. The van der Waals surface area contributed by atoms with Crippen LogP contribution in [0, 0.1) is 25.2 Å². The van der Waals surface area contributed by atoms with E-state index in [1.54, 1.807) is 5.56 Å². The van der Waals surface area contributed by atoms with Gasteiger partial charge in [-0.3, -0.25) is 0 Å². The smallest absolute Gasteiger partial charge is 0.0362 e. The molecule has 1 aliphatic carbocycles. The average molecular weight is 265 g/mol. The molecule has 1 aromatic heterocycles. The molecule has 1 saturated carbocycles. The van der Waals surface area contributed by atoms with Gasteiger partial charge in [0.25, 0.3) is 0 Å². The largest absolute Gasteiger partial charge is 0.313 e. The Hall–Kier alpha value is -0.340. The van der Waals surface area contributed by atoms with E-state index < -0.39 is 0 Å². The van der Waals surface area contributed by atoms with Crippen molar-refractivity contribution in [2.45, 2.75) is 59.4 Å². The summed E-state index contributed by atoms with van der Waals surface area (Å²) < 4.78 is 0. The molecule has 0 radical (unpaired) electrons. The topological polar surface area (TPSA) is 12.0 Å². The van der Waals surface area contributed by atoms with E-state index in [4.69, 9.17) is 0 Å². The van der Waals surface area contributed by atoms with Crippen molar-refractivity contribution < 1.29 is 0 Å². The van der Waals surface area contributed by atoms with Crippen LogP contribution in [0.1, 0.15) is 60.9 Å². The zero-order valence-electron chi connectivity index (χ0n) is 12.5. The first-order valence-corrected chi connectivity index (χ1v) is 8.01. The summed E-state index contributed by atoms with van der Waals surface area (Å²) in [5, 5.41) is 3.60. The standard InChI is InChI=1S/C16H27NS/c1-11-10-13(12(2)18-11)15(17-5)14-8-6-7-9-16(14,3)4/h10,14-15,17H,6-9H2,1-5H3. The van der Waals surface area contributed by atoms with Crippen molar-refractivity contribution in [3.8, 4) is 0 Å². The first-order chi connectivity index (χ1) is 8.45. The highest BCUT2D eigenvalue weighted by Crippen LogP contribution is 2.47. The van der Waals surface area contributed by atoms with Crippen molar-refractivity contribution in [3.63, 3.8) is 0 Å². The second-order valence-corrected chi connectivity index (χ2v) is 7.94. The van der Waals surface area contributed by atoms with E-state index in [-0.39, 0.29) is 0 Å². The van der Waals surface area contributed by atoms with E-state index >= 15 is 0 Å². The van der Waals surface area contributed by atoms with Crippen LogP contribution in [-0.2, 0) is 0 Å². The first kappa shape index (κ1) is 14.1. The molecule has 0 spiro atoms. The SMILES string of the molecule is CNC(c1cc(C)sc1C)C1CCCCC1(C)C. The van der Waals surface area contributed by atoms with Crippen LogP contribution in [0.15, 0.2) is 6.07 Å². The molecule has 2 heteroatoms. The molecule has 1 N–H and O–H groups in total. The fourth-order valence-electron chi connectivity index (χ4n) is 3.67. The maximum Gasteiger partial charge on any atom is 0.0362 e. The second kappa shape index (κ2) is 5.34. The molecule has 0 saturated heterocycles. The van der Waals surface area contributed by atoms with Crippen LogP contribution in [0.4, 0.5) is 0 Å². The van der Waals surface area contributed by atoms with Gasteiger partial charge in [-0.25, -0.2) is 0 Å². The van der Waals surface area contributed by atoms with Gasteiger partial charge >= 0.3 is 0 Å². The predicted octanol–water partition coefficient (Wildman–Crippen LogP) is 4.84. The Morgan fingerprint density at radius 2 is 2.06 bits per heavy atom. The Morgan fingerprint density at radius 1 is 1.33 bits per heavy atom. The summed E-state index contributed by atoms with van der Waals surface area (Å²) in [5.74, 6) is 0.768. The molecule has 1 heterocycles. The summed E-state index contributed by atoms with van der Waals surface area (Å²) in [6.07, 6.45) is 5.54. The summed E-state index contributed by atoms with van der Waals surface area (Å²) in [4.78, 5) is 2.93. The highest BCUT2D eigenvalue weighted by molar-refractivity contribution is 7.12. The summed E-state index contributed by atoms with van der Waals surface area (Å²) in [5.41, 5.74) is 2.01. The molecule has 0 bridgehead atoms. The number of hydrogen-bond donors (Lipinski definition) is 1. The summed E-state index contributed by atoms with van der Waals surface area (Å²) in [6.45, 7) is 9.40. The van der Waals surface area contributed by atoms with Crippen LogP contribution in [0.3, 0.4) is 0 Å². The molecule has 1 fully saturated rings. The van der Waals surface area contributed by atoms with Crippen molar-refractivity contribution in [1.82, 2.24) is 5.32 Å². The van der Waals surface area contributed by atoms with Crippen LogP contribution in [0.5, 0.6) is 0 Å². The van der Waals surface area contributed by atoms with Gasteiger partial charge in [-0.05, 0) is 56.7 Å². The molecule has 1 aromatic rings. The molecular formula is C16H27NS. The van der Waals surface area contributed by atoms with Gasteiger partial charge in [-0.1, -0.05) is 26.7 Å². The number of rotatable bonds is 3. The highest BCUT2D eigenvalue weighted by atomic mass is 32.1. The maximum absolute atomic E-state index is 3.60. The lowest BCUT2D eigenvalue weighted by molar-refractivity contribution is 0.101. The quantitative estimate of drug-likeness (QED) is 0.824. The van der Waals surface area contributed by atoms with Crippen molar-refractivity contribution >= 4 is 11.3 Å². The van der Waals surface area contributed by atoms with Crippen molar-refractivity contribution in [3.05, 3.63) is 21.4 Å². The van der Waals surface area contributed by atoms with Crippen LogP contribution >= 0.6 is 11.3 Å². The summed E-state index contributed by atoms with van der Waals surface area (Å²) >= 11 is 1.94. The van der Waals surface area contributed by atoms with Crippen LogP contribution in [0.25, 0.3) is 0 Å². The Labute approximate surface area is 116 Å². The highest BCUT2D eigenvalue weighted by Gasteiger charge is 2.38. The molecule has 0 aromatic carbocycles. The van der Waals surface area contributed by atoms with Gasteiger partial charge in [0.15, 0.2) is 0 Å². The third-order valence-electron chi connectivity index (χ3n) is 4.72. The molecule has 2 unspecified atom stereocenters. The van der Waals surface area contributed by atoms with E-state index in [0.717, 1.165) is 5.92 Å². The zero-order valence-corrected chi connectivity index (χ0v) is 13.3. The Morgan fingerprint density at radius 3 is 2.56 bits per heavy atom. The lowest BCUT2D eigenvalue weighted by atomic mass is 9.65. The van der Waals surface area contributed by atoms with E-state index in [2.05, 4.69) is 46.1 Å². The molecule has 18 heavy (non-hydrogen) atoms. The number of nitrogens with one attached hydrogen (secondary N) is 1. The molecule has 1 nitrogen and oxygen atoms in total. The van der Waals surface area contributed by atoms with Gasteiger partial charge < -0.3 is 5.32 Å². The number of aryl methyl sites for hydroxylation is 2. The molecule has 2 rings (SSSR count). The molecule has 0 aliphatic heterocycles. The fraction of sp³-hybridized carbons (Fsp3) is 0.750. The lowest BCUT2D eigenvalue weighted by Crippen LogP contribution is -2.37. The minimum atomic E-state index is 0.466. The van der Waals surface area contributed by atoms with Gasteiger partial charge in [0.05, 0.1) is 0 Å². The monoisotopic (exact) mass is 265 g/mol. The summed E-state index contributed by atoms with van der Waals surface area (Å²) in [6, 6.07) is 2.93. The Bertz CT molecular complexity index is 405. The number of hydrogen-bond acceptors (Lipinski definition) is 2. The van der Waals surface area contributed by atoms with Gasteiger partial charge in [0.1, 0.15) is 0 Å². The van der Waals surface area contributed by atoms with Crippen LogP contribution in [0.2, 0.25) is 0 Å². The minimum Gasteiger partial charge on any atom is -0.313 e. The van der Waals surface area contributed by atoms with Crippen LogP contribution in [-0.4, -0.2) is 7.05 Å². The van der Waals surface area contributed by atoms with Gasteiger partial charge in [0.2, 0.25) is 0 Å². The fourth-order valence-corrected chi connectivity index (χ4v) is 4.64. The van der Waals surface area contributed by atoms with E-state index in [1.807, 2.05) is 11.3 Å². The minimum absolute atomic E-state index is 0.466. The molecule has 1 aliphatic rings. The van der Waals surface area contributed by atoms with E-state index in [1.165, 1.54) is 35.4 Å². The van der Waals surface area contributed by atoms with E-state index in [0.29, 0.717) is 11.5 Å². The molecule has 102 valence electrons. The normalized spacial score (nSPS) is 25.1. The third kappa shape index (κ3) is 2.65. The van der Waals surface area contributed by atoms with Gasteiger partial charge in [-0.2, -0.15) is 0 Å². The first-order valence-electron chi connectivity index (χ1n) is 7.20. The van der Waals surface area contributed by atoms with Crippen molar-refractivity contribution in [2.24, 2.45) is 11.3 Å². The van der Waals surface area contributed by atoms with Gasteiger partial charge in [0, 0.05) is 15.8 Å². The maximum atomic E-state index is 3.60. The van der Waals surface area contributed by atoms with E-state index in [9.17, 15) is 0 Å². The molecular weight excluding hydrogens is 238 g/mol. The zero-order chi connectivity index (χ0) is 13.3. The Balaban J connectivity index is 2.30. The predicted molar refractivity (Wildman–Crippen MR) is 81.3 cm³/mol. The second-order valence-electron chi connectivity index (χ2n) is 6.48. The van der Waals surface area contributed by atoms with Crippen molar-refractivity contribution in [2.75, 3.05) is 7.05 Å². The average Bonchev–Trinajstić information content (AvgIpc) is 2.61. The van der Waals surface area contributed by atoms with Crippen molar-refractivity contribution in [1.29, 1.82) is 0 Å². The lowest BCUT2D eigenvalue weighted by Gasteiger charge is -2.43. The Kier molecular flexibility index (Phi) is 4.18. The summed E-state index contributed by atoms with van der Waals surface area (Å²) in [7, 11) is 2.13. The number of thiophene rings is 1. The molecule has 2 atom stereocenters. The molecule has 0 amide bonds. The van der Waals surface area contributed by atoms with Gasteiger partial charge in [-0.15, -0.1) is 11.3 Å². The van der Waals surface area contributed by atoms with Crippen LogP contribution < -0.4 is 5.32 Å².